The largest absolute Gasteiger partial charge is 0.490 e. The van der Waals surface area contributed by atoms with Gasteiger partial charge in [0.25, 0.3) is 5.91 Å². The van der Waals surface area contributed by atoms with Crippen LogP contribution in [0.25, 0.3) is 11.0 Å². The first-order chi connectivity index (χ1) is 16.9. The smallest absolute Gasteiger partial charge is 0.295 e. The van der Waals surface area contributed by atoms with Crippen molar-refractivity contribution in [1.29, 1.82) is 0 Å². The van der Waals surface area contributed by atoms with Gasteiger partial charge in [-0.05, 0) is 68.8 Å². The molecule has 2 heterocycles. The Labute approximate surface area is 207 Å². The second kappa shape index (κ2) is 9.12. The van der Waals surface area contributed by atoms with E-state index in [1.165, 1.54) is 0 Å². The molecule has 1 aliphatic rings. The summed E-state index contributed by atoms with van der Waals surface area (Å²) < 4.78 is 17.6. The number of aryl methyl sites for hydroxylation is 1. The van der Waals surface area contributed by atoms with E-state index in [-0.39, 0.29) is 22.7 Å². The Balaban J connectivity index is 1.78. The molecule has 35 heavy (non-hydrogen) atoms. The molecular weight excluding hydrogens is 466 g/mol. The maximum Gasteiger partial charge on any atom is 0.295 e. The average molecular weight is 490 g/mol. The van der Waals surface area contributed by atoms with Crippen LogP contribution in [0.4, 0.5) is 5.69 Å². The van der Waals surface area contributed by atoms with Crippen molar-refractivity contribution in [3.8, 4) is 11.5 Å². The molecule has 1 amide bonds. The van der Waals surface area contributed by atoms with E-state index in [0.717, 1.165) is 5.56 Å². The lowest BCUT2D eigenvalue weighted by molar-refractivity contribution is 0.0971. The number of amides is 1. The van der Waals surface area contributed by atoms with E-state index in [0.29, 0.717) is 52.0 Å². The van der Waals surface area contributed by atoms with Crippen LogP contribution in [0.2, 0.25) is 5.02 Å². The molecule has 1 unspecified atom stereocenters. The summed E-state index contributed by atoms with van der Waals surface area (Å²) in [4.78, 5) is 29.1. The second-order valence-electron chi connectivity index (χ2n) is 8.30. The minimum absolute atomic E-state index is 0.0299. The number of nitrogens with zero attached hydrogens (tertiary/aromatic N) is 1. The Hall–Kier alpha value is -3.77. The maximum atomic E-state index is 13.8. The summed E-state index contributed by atoms with van der Waals surface area (Å²) in [7, 11) is 0. The van der Waals surface area contributed by atoms with Crippen LogP contribution in [-0.4, -0.2) is 19.1 Å². The molecule has 6 nitrogen and oxygen atoms in total. The molecule has 0 fully saturated rings. The van der Waals surface area contributed by atoms with E-state index in [1.807, 2.05) is 57.2 Å². The first kappa shape index (κ1) is 23.0. The molecule has 5 rings (SSSR count). The van der Waals surface area contributed by atoms with Crippen LogP contribution in [0, 0.1) is 6.92 Å². The van der Waals surface area contributed by atoms with Crippen LogP contribution in [-0.2, 0) is 0 Å². The lowest BCUT2D eigenvalue weighted by Crippen LogP contribution is -2.29. The molecule has 1 aliphatic heterocycles. The topological polar surface area (TPSA) is 69.0 Å². The summed E-state index contributed by atoms with van der Waals surface area (Å²) >= 11 is 6.18. The van der Waals surface area contributed by atoms with Crippen LogP contribution in [0.1, 0.15) is 47.1 Å². The Morgan fingerprint density at radius 2 is 1.63 bits per heavy atom. The Bertz CT molecular complexity index is 1490. The Kier molecular flexibility index (Phi) is 5.99. The normalized spacial score (nSPS) is 14.9. The summed E-state index contributed by atoms with van der Waals surface area (Å²) in [5, 5.41) is 0.747. The number of rotatable bonds is 6. The number of benzene rings is 3. The molecule has 7 heteroatoms. The first-order valence-corrected chi connectivity index (χ1v) is 11.9. The number of anilines is 1. The molecule has 0 radical (unpaired) electrons. The minimum atomic E-state index is -0.713. The van der Waals surface area contributed by atoms with Crippen molar-refractivity contribution in [3.63, 3.8) is 0 Å². The first-order valence-electron chi connectivity index (χ1n) is 11.5. The fourth-order valence-corrected chi connectivity index (χ4v) is 4.64. The lowest BCUT2D eigenvalue weighted by Gasteiger charge is -2.26. The van der Waals surface area contributed by atoms with E-state index in [1.54, 1.807) is 29.2 Å². The molecule has 0 spiro atoms. The van der Waals surface area contributed by atoms with Crippen molar-refractivity contribution < 1.29 is 18.7 Å². The number of carbonyl (C=O) groups is 1. The van der Waals surface area contributed by atoms with Crippen LogP contribution in [0.5, 0.6) is 11.5 Å². The van der Waals surface area contributed by atoms with Crippen LogP contribution >= 0.6 is 11.6 Å². The van der Waals surface area contributed by atoms with Crippen molar-refractivity contribution in [1.82, 2.24) is 0 Å². The summed E-state index contributed by atoms with van der Waals surface area (Å²) in [6.45, 7) is 6.69. The molecule has 1 aromatic heterocycles. The van der Waals surface area contributed by atoms with E-state index < -0.39 is 6.04 Å². The van der Waals surface area contributed by atoms with Gasteiger partial charge in [-0.15, -0.1) is 0 Å². The average Bonchev–Trinajstić information content (AvgIpc) is 3.14. The second-order valence-corrected chi connectivity index (χ2v) is 8.74. The maximum absolute atomic E-state index is 13.8. The number of carbonyl (C=O) groups excluding carboxylic acids is 1. The van der Waals surface area contributed by atoms with E-state index >= 15 is 0 Å². The van der Waals surface area contributed by atoms with Crippen molar-refractivity contribution in [2.45, 2.75) is 26.8 Å². The fraction of sp³-hybridized carbons (Fsp3) is 0.214. The predicted molar refractivity (Wildman–Crippen MR) is 136 cm³/mol. The summed E-state index contributed by atoms with van der Waals surface area (Å²) in [6.07, 6.45) is 0. The van der Waals surface area contributed by atoms with Gasteiger partial charge in [0.15, 0.2) is 16.9 Å². The number of halogens is 1. The molecule has 0 saturated heterocycles. The predicted octanol–water partition coefficient (Wildman–Crippen LogP) is 6.30. The quantitative estimate of drug-likeness (QED) is 0.318. The number of fused-ring (bicyclic) bond motifs is 2. The van der Waals surface area contributed by atoms with Gasteiger partial charge < -0.3 is 13.9 Å². The third-order valence-corrected chi connectivity index (χ3v) is 6.26. The van der Waals surface area contributed by atoms with Crippen molar-refractivity contribution in [2.75, 3.05) is 18.1 Å². The fourth-order valence-electron chi connectivity index (χ4n) is 4.47. The molecule has 1 atom stereocenters. The number of ether oxygens (including phenoxy) is 2. The van der Waals surface area contributed by atoms with Crippen LogP contribution in [0.15, 0.2) is 69.9 Å². The Morgan fingerprint density at radius 3 is 2.34 bits per heavy atom. The van der Waals surface area contributed by atoms with Gasteiger partial charge in [-0.3, -0.25) is 14.5 Å². The zero-order valence-corrected chi connectivity index (χ0v) is 20.4. The summed E-state index contributed by atoms with van der Waals surface area (Å²) in [6, 6.07) is 17.2. The SMILES string of the molecule is CCOc1ccc(C2c3c(oc4ccc(Cl)cc4c3=O)C(=O)N2c2ccc(C)cc2)cc1OCC. The van der Waals surface area contributed by atoms with E-state index in [9.17, 15) is 9.59 Å². The Morgan fingerprint density at radius 1 is 0.914 bits per heavy atom. The van der Waals surface area contributed by atoms with Gasteiger partial charge in [0.2, 0.25) is 5.76 Å². The molecule has 0 N–H and O–H groups in total. The number of hydrogen-bond donors (Lipinski definition) is 0. The zero-order valence-electron chi connectivity index (χ0n) is 19.6. The zero-order chi connectivity index (χ0) is 24.7. The highest BCUT2D eigenvalue weighted by molar-refractivity contribution is 6.31. The van der Waals surface area contributed by atoms with E-state index in [2.05, 4.69) is 0 Å². The lowest BCUT2D eigenvalue weighted by atomic mass is 9.97. The van der Waals surface area contributed by atoms with Crippen LogP contribution < -0.4 is 19.8 Å². The number of hydrogen-bond acceptors (Lipinski definition) is 5. The van der Waals surface area contributed by atoms with Gasteiger partial charge in [0, 0.05) is 10.7 Å². The van der Waals surface area contributed by atoms with Crippen molar-refractivity contribution in [2.24, 2.45) is 0 Å². The van der Waals surface area contributed by atoms with Crippen molar-refractivity contribution in [3.05, 3.63) is 98.4 Å². The standard InChI is InChI=1S/C28H24ClNO5/c1-4-33-22-12-8-17(14-23(22)34-5-2)25-24-26(31)20-15-18(29)9-13-21(20)35-27(24)28(32)30(25)19-10-6-16(3)7-11-19/h6-15,25H,4-5H2,1-3H3. The van der Waals surface area contributed by atoms with Crippen molar-refractivity contribution >= 4 is 34.2 Å². The molecule has 0 aliphatic carbocycles. The van der Waals surface area contributed by atoms with E-state index in [4.69, 9.17) is 25.5 Å². The highest BCUT2D eigenvalue weighted by Gasteiger charge is 2.44. The summed E-state index contributed by atoms with van der Waals surface area (Å²) in [5.74, 6) is 0.795. The van der Waals surface area contributed by atoms with Crippen LogP contribution in [0.3, 0.4) is 0 Å². The third-order valence-electron chi connectivity index (χ3n) is 6.03. The van der Waals surface area contributed by atoms with Gasteiger partial charge in [0.1, 0.15) is 5.58 Å². The minimum Gasteiger partial charge on any atom is -0.490 e. The molecule has 3 aromatic carbocycles. The third kappa shape index (κ3) is 3.94. The molecule has 0 bridgehead atoms. The molecular formula is C28H24ClNO5. The van der Waals surface area contributed by atoms with Gasteiger partial charge >= 0.3 is 0 Å². The van der Waals surface area contributed by atoms with Gasteiger partial charge in [-0.25, -0.2) is 0 Å². The van der Waals surface area contributed by atoms with Gasteiger partial charge in [0.05, 0.1) is 30.2 Å². The monoisotopic (exact) mass is 489 g/mol. The van der Waals surface area contributed by atoms with Gasteiger partial charge in [-0.2, -0.15) is 0 Å². The molecule has 4 aromatic rings. The highest BCUT2D eigenvalue weighted by atomic mass is 35.5. The molecule has 0 saturated carbocycles. The molecule has 178 valence electrons. The summed E-state index contributed by atoms with van der Waals surface area (Å²) in [5.41, 5.74) is 2.73. The highest BCUT2D eigenvalue weighted by Crippen LogP contribution is 2.43. The van der Waals surface area contributed by atoms with Gasteiger partial charge in [-0.1, -0.05) is 35.4 Å².